The Labute approximate surface area is 127 Å². The summed E-state index contributed by atoms with van der Waals surface area (Å²) in [6.45, 7) is 6.39. The van der Waals surface area contributed by atoms with Crippen molar-refractivity contribution in [2.24, 2.45) is 0 Å². The minimum Gasteiger partial charge on any atom is -0.496 e. The maximum Gasteiger partial charge on any atom is 0.124 e. The molecule has 0 N–H and O–H groups in total. The van der Waals surface area contributed by atoms with Crippen molar-refractivity contribution in [3.8, 4) is 5.75 Å². The molecule has 102 valence electrons. The number of benzene rings is 1. The Hall–Kier alpha value is -0.800. The highest BCUT2D eigenvalue weighted by Crippen LogP contribution is 2.38. The Morgan fingerprint density at radius 1 is 1.21 bits per heavy atom. The lowest BCUT2D eigenvalue weighted by molar-refractivity contribution is 0.408. The molecule has 2 rings (SSSR count). The van der Waals surface area contributed by atoms with Crippen LogP contribution in [-0.2, 0) is 6.42 Å². The maximum atomic E-state index is 5.43. The highest BCUT2D eigenvalue weighted by Gasteiger charge is 2.15. The van der Waals surface area contributed by atoms with Crippen LogP contribution in [0, 0.1) is 13.8 Å². The van der Waals surface area contributed by atoms with Crippen LogP contribution in [0.5, 0.6) is 5.75 Å². The smallest absolute Gasteiger partial charge is 0.124 e. The predicted octanol–water partition coefficient (Wildman–Crippen LogP) is 5.42. The molecule has 0 aliphatic heterocycles. The zero-order chi connectivity index (χ0) is 14.0. The number of halogens is 1. The Morgan fingerprint density at radius 3 is 2.32 bits per heavy atom. The van der Waals surface area contributed by atoms with E-state index in [-0.39, 0.29) is 4.83 Å². The predicted molar refractivity (Wildman–Crippen MR) is 86.9 cm³/mol. The van der Waals surface area contributed by atoms with Crippen LogP contribution < -0.4 is 4.74 Å². The molecule has 1 nitrogen and oxygen atoms in total. The molecular weight excluding hydrogens is 320 g/mol. The van der Waals surface area contributed by atoms with E-state index >= 15 is 0 Å². The van der Waals surface area contributed by atoms with Crippen LogP contribution in [-0.4, -0.2) is 7.11 Å². The number of rotatable bonds is 4. The molecule has 0 radical (unpaired) electrons. The van der Waals surface area contributed by atoms with E-state index in [0.717, 1.165) is 12.2 Å². The minimum absolute atomic E-state index is 0.265. The molecule has 0 aliphatic rings. The minimum atomic E-state index is 0.265. The fourth-order valence-electron chi connectivity index (χ4n) is 2.34. The summed E-state index contributed by atoms with van der Waals surface area (Å²) >= 11 is 5.70. The van der Waals surface area contributed by atoms with Crippen LogP contribution in [0.2, 0.25) is 0 Å². The van der Waals surface area contributed by atoms with E-state index < -0.39 is 0 Å². The number of aryl methyl sites for hydroxylation is 3. The van der Waals surface area contributed by atoms with Crippen molar-refractivity contribution in [2.75, 3.05) is 7.11 Å². The average Bonchev–Trinajstić information content (AvgIpc) is 2.86. The summed E-state index contributed by atoms with van der Waals surface area (Å²) in [6, 6.07) is 8.85. The molecule has 0 fully saturated rings. The second kappa shape index (κ2) is 6.10. The molecule has 1 aromatic heterocycles. The van der Waals surface area contributed by atoms with Gasteiger partial charge in [-0.1, -0.05) is 35.0 Å². The quantitative estimate of drug-likeness (QED) is 0.676. The first kappa shape index (κ1) is 14.6. The van der Waals surface area contributed by atoms with Crippen LogP contribution in [0.3, 0.4) is 0 Å². The van der Waals surface area contributed by atoms with Crippen molar-refractivity contribution < 1.29 is 4.74 Å². The monoisotopic (exact) mass is 338 g/mol. The summed E-state index contributed by atoms with van der Waals surface area (Å²) in [5.74, 6) is 0.990. The number of hydrogen-bond acceptors (Lipinski definition) is 2. The van der Waals surface area contributed by atoms with Gasteiger partial charge in [0.1, 0.15) is 5.75 Å². The van der Waals surface area contributed by atoms with E-state index in [9.17, 15) is 0 Å². The molecule has 1 aromatic carbocycles. The molecule has 1 heterocycles. The van der Waals surface area contributed by atoms with Crippen molar-refractivity contribution >= 4 is 27.3 Å². The largest absolute Gasteiger partial charge is 0.496 e. The molecule has 2 aromatic rings. The lowest BCUT2D eigenvalue weighted by Crippen LogP contribution is -1.96. The normalized spacial score (nSPS) is 12.5. The topological polar surface area (TPSA) is 9.23 Å². The van der Waals surface area contributed by atoms with Gasteiger partial charge in [0.05, 0.1) is 11.9 Å². The van der Waals surface area contributed by atoms with Crippen LogP contribution in [0.1, 0.15) is 38.2 Å². The zero-order valence-electron chi connectivity index (χ0n) is 11.8. The average molecular weight is 339 g/mol. The van der Waals surface area contributed by atoms with Crippen molar-refractivity contribution in [1.82, 2.24) is 0 Å². The van der Waals surface area contributed by atoms with Crippen molar-refractivity contribution in [3.05, 3.63) is 50.7 Å². The molecule has 0 aliphatic carbocycles. The molecule has 0 amide bonds. The van der Waals surface area contributed by atoms with E-state index in [4.69, 9.17) is 4.74 Å². The molecule has 0 saturated carbocycles. The molecule has 0 bridgehead atoms. The van der Waals surface area contributed by atoms with Crippen molar-refractivity contribution in [1.29, 1.82) is 0 Å². The second-order valence-corrected chi connectivity index (χ2v) is 6.82. The van der Waals surface area contributed by atoms with Gasteiger partial charge in [0.2, 0.25) is 0 Å². The van der Waals surface area contributed by atoms with Crippen LogP contribution in [0.4, 0.5) is 0 Å². The van der Waals surface area contributed by atoms with Gasteiger partial charge in [-0.05, 0) is 49.1 Å². The highest BCUT2D eigenvalue weighted by molar-refractivity contribution is 9.09. The van der Waals surface area contributed by atoms with E-state index in [0.29, 0.717) is 0 Å². The number of ether oxygens (including phenoxy) is 1. The highest BCUT2D eigenvalue weighted by atomic mass is 79.9. The molecular formula is C16H19BrOS. The first-order chi connectivity index (χ1) is 9.06. The van der Waals surface area contributed by atoms with Gasteiger partial charge in [0.25, 0.3) is 0 Å². The first-order valence-corrected chi connectivity index (χ1v) is 8.17. The Balaban J connectivity index is 2.36. The maximum absolute atomic E-state index is 5.43. The SMILES string of the molecule is CCc1ccc(C(Br)c2cc(C)c(OC)c(C)c2)s1. The van der Waals surface area contributed by atoms with Gasteiger partial charge in [-0.3, -0.25) is 0 Å². The summed E-state index contributed by atoms with van der Waals surface area (Å²) in [5, 5.41) is 0. The zero-order valence-corrected chi connectivity index (χ0v) is 14.2. The van der Waals surface area contributed by atoms with Gasteiger partial charge in [-0.25, -0.2) is 0 Å². The summed E-state index contributed by atoms with van der Waals surface area (Å²) in [7, 11) is 1.73. The molecule has 3 heteroatoms. The van der Waals surface area contributed by atoms with Crippen LogP contribution in [0.25, 0.3) is 0 Å². The molecule has 0 spiro atoms. The standard InChI is InChI=1S/C16H19BrOS/c1-5-13-6-7-14(19-13)15(17)12-8-10(2)16(18-4)11(3)9-12/h6-9,15H,5H2,1-4H3. The van der Waals surface area contributed by atoms with Gasteiger partial charge >= 0.3 is 0 Å². The number of hydrogen-bond donors (Lipinski definition) is 0. The third kappa shape index (κ3) is 3.03. The third-order valence-electron chi connectivity index (χ3n) is 3.26. The van der Waals surface area contributed by atoms with E-state index in [1.54, 1.807) is 7.11 Å². The third-order valence-corrected chi connectivity index (χ3v) is 5.88. The first-order valence-electron chi connectivity index (χ1n) is 6.44. The van der Waals surface area contributed by atoms with Crippen molar-refractivity contribution in [2.45, 2.75) is 32.0 Å². The Morgan fingerprint density at radius 2 is 1.84 bits per heavy atom. The van der Waals surface area contributed by atoms with Gasteiger partial charge in [-0.15, -0.1) is 11.3 Å². The molecule has 1 atom stereocenters. The fourth-order valence-corrected chi connectivity index (χ4v) is 3.99. The summed E-state index contributed by atoms with van der Waals surface area (Å²) in [6.07, 6.45) is 1.10. The number of methoxy groups -OCH3 is 1. The van der Waals surface area contributed by atoms with E-state index in [2.05, 4.69) is 61.0 Å². The fraction of sp³-hybridized carbons (Fsp3) is 0.375. The van der Waals surface area contributed by atoms with Gasteiger partial charge in [0, 0.05) is 9.75 Å². The van der Waals surface area contributed by atoms with E-state index in [1.807, 2.05) is 11.3 Å². The second-order valence-electron chi connectivity index (χ2n) is 4.71. The molecule has 1 unspecified atom stereocenters. The van der Waals surface area contributed by atoms with Crippen LogP contribution in [0.15, 0.2) is 24.3 Å². The number of alkyl halides is 1. The Kier molecular flexibility index (Phi) is 4.69. The summed E-state index contributed by atoms with van der Waals surface area (Å²) in [5.41, 5.74) is 3.67. The molecule has 0 saturated heterocycles. The number of thiophene rings is 1. The van der Waals surface area contributed by atoms with E-state index in [1.165, 1.54) is 26.4 Å². The van der Waals surface area contributed by atoms with Gasteiger partial charge < -0.3 is 4.74 Å². The van der Waals surface area contributed by atoms with Gasteiger partial charge in [-0.2, -0.15) is 0 Å². The summed E-state index contributed by atoms with van der Waals surface area (Å²) in [4.78, 5) is 3.06. The summed E-state index contributed by atoms with van der Waals surface area (Å²) < 4.78 is 5.43. The Bertz CT molecular complexity index is 551. The van der Waals surface area contributed by atoms with Crippen LogP contribution >= 0.6 is 27.3 Å². The molecule has 19 heavy (non-hydrogen) atoms. The lowest BCUT2D eigenvalue weighted by Gasteiger charge is -2.14. The van der Waals surface area contributed by atoms with Crippen molar-refractivity contribution in [3.63, 3.8) is 0 Å². The van der Waals surface area contributed by atoms with Gasteiger partial charge in [0.15, 0.2) is 0 Å². The lowest BCUT2D eigenvalue weighted by atomic mass is 10.0.